The van der Waals surface area contributed by atoms with Crippen molar-refractivity contribution < 1.29 is 14.3 Å². The van der Waals surface area contributed by atoms with Gasteiger partial charge >= 0.3 is 0 Å². The largest absolute Gasteiger partial charge is 0.495 e. The molecule has 6 nitrogen and oxygen atoms in total. The van der Waals surface area contributed by atoms with Crippen molar-refractivity contribution in [2.75, 3.05) is 24.9 Å². The lowest BCUT2D eigenvalue weighted by molar-refractivity contribution is 0.102. The summed E-state index contributed by atoms with van der Waals surface area (Å²) in [4.78, 5) is 16.7. The second-order valence-corrected chi connectivity index (χ2v) is 5.97. The van der Waals surface area contributed by atoms with E-state index in [2.05, 4.69) is 15.6 Å². The maximum absolute atomic E-state index is 12.5. The Morgan fingerprint density at radius 1 is 0.963 bits per heavy atom. The molecular formula is C20H18ClN3O3. The smallest absolute Gasteiger partial charge is 0.274 e. The van der Waals surface area contributed by atoms with Gasteiger partial charge in [0.25, 0.3) is 5.91 Å². The number of carbonyl (C=O) groups excluding carboxylic acids is 1. The van der Waals surface area contributed by atoms with Crippen molar-refractivity contribution in [1.29, 1.82) is 0 Å². The summed E-state index contributed by atoms with van der Waals surface area (Å²) >= 11 is 6.08. The van der Waals surface area contributed by atoms with Crippen LogP contribution in [0.5, 0.6) is 11.5 Å². The van der Waals surface area contributed by atoms with Crippen LogP contribution in [-0.4, -0.2) is 25.1 Å². The second kappa shape index (κ2) is 8.42. The average Bonchev–Trinajstić information content (AvgIpc) is 2.70. The first kappa shape index (κ1) is 18.5. The Labute approximate surface area is 162 Å². The van der Waals surface area contributed by atoms with Crippen LogP contribution in [0.4, 0.5) is 17.1 Å². The molecule has 0 radical (unpaired) electrons. The summed E-state index contributed by atoms with van der Waals surface area (Å²) in [6.45, 7) is 0. The van der Waals surface area contributed by atoms with Crippen LogP contribution >= 0.6 is 11.6 Å². The molecule has 138 valence electrons. The molecule has 1 heterocycles. The van der Waals surface area contributed by atoms with Gasteiger partial charge in [-0.1, -0.05) is 29.8 Å². The summed E-state index contributed by atoms with van der Waals surface area (Å²) in [5.41, 5.74) is 2.43. The number of para-hydroxylation sites is 1. The molecule has 0 aliphatic rings. The van der Waals surface area contributed by atoms with Gasteiger partial charge in [0.05, 0.1) is 36.8 Å². The predicted octanol–water partition coefficient (Wildman–Crippen LogP) is 4.75. The highest BCUT2D eigenvalue weighted by Gasteiger charge is 2.14. The quantitative estimate of drug-likeness (QED) is 0.642. The van der Waals surface area contributed by atoms with Crippen LogP contribution in [0.15, 0.2) is 60.8 Å². The van der Waals surface area contributed by atoms with E-state index in [1.165, 1.54) is 14.2 Å². The van der Waals surface area contributed by atoms with Crippen molar-refractivity contribution in [3.63, 3.8) is 0 Å². The van der Waals surface area contributed by atoms with E-state index in [-0.39, 0.29) is 11.6 Å². The van der Waals surface area contributed by atoms with E-state index in [0.717, 1.165) is 11.4 Å². The standard InChI is InChI=1S/C20H18ClN3O3/c1-26-18-11-17(19(27-2)10-15(18)21)24-20(25)16-9-8-14(12-22-16)23-13-6-4-3-5-7-13/h3-12,23H,1-2H3,(H,24,25). The fourth-order valence-corrected chi connectivity index (χ4v) is 2.67. The van der Waals surface area contributed by atoms with E-state index in [1.807, 2.05) is 30.3 Å². The molecule has 0 saturated heterocycles. The zero-order chi connectivity index (χ0) is 19.2. The maximum Gasteiger partial charge on any atom is 0.274 e. The first-order chi connectivity index (χ1) is 13.1. The monoisotopic (exact) mass is 383 g/mol. The fraction of sp³-hybridized carbons (Fsp3) is 0.100. The van der Waals surface area contributed by atoms with Crippen LogP contribution in [0, 0.1) is 0 Å². The Morgan fingerprint density at radius 2 is 1.70 bits per heavy atom. The van der Waals surface area contributed by atoms with Gasteiger partial charge in [0.2, 0.25) is 0 Å². The molecule has 1 amide bonds. The maximum atomic E-state index is 12.5. The van der Waals surface area contributed by atoms with E-state index >= 15 is 0 Å². The van der Waals surface area contributed by atoms with Crippen LogP contribution in [0.3, 0.4) is 0 Å². The van der Waals surface area contributed by atoms with E-state index in [0.29, 0.717) is 22.2 Å². The first-order valence-corrected chi connectivity index (χ1v) is 8.49. The van der Waals surface area contributed by atoms with Crippen molar-refractivity contribution in [1.82, 2.24) is 4.98 Å². The van der Waals surface area contributed by atoms with Gasteiger partial charge in [0, 0.05) is 17.8 Å². The number of carbonyl (C=O) groups is 1. The van der Waals surface area contributed by atoms with E-state index in [4.69, 9.17) is 21.1 Å². The SMILES string of the molecule is COc1cc(NC(=O)c2ccc(Nc3ccccc3)cn2)c(OC)cc1Cl. The normalized spacial score (nSPS) is 10.2. The van der Waals surface area contributed by atoms with Crippen LogP contribution in [0.25, 0.3) is 0 Å². The van der Waals surface area contributed by atoms with E-state index in [9.17, 15) is 4.79 Å². The van der Waals surface area contributed by atoms with Gasteiger partial charge in [-0.2, -0.15) is 0 Å². The fourth-order valence-electron chi connectivity index (χ4n) is 2.43. The topological polar surface area (TPSA) is 72.5 Å². The Bertz CT molecular complexity index is 931. The third-order valence-electron chi connectivity index (χ3n) is 3.78. The Hall–Kier alpha value is -3.25. The minimum Gasteiger partial charge on any atom is -0.495 e. The van der Waals surface area contributed by atoms with Crippen LogP contribution in [-0.2, 0) is 0 Å². The van der Waals surface area contributed by atoms with Crippen molar-refractivity contribution in [2.24, 2.45) is 0 Å². The number of halogens is 1. The Morgan fingerprint density at radius 3 is 2.33 bits per heavy atom. The first-order valence-electron chi connectivity index (χ1n) is 8.11. The van der Waals surface area contributed by atoms with Crippen molar-refractivity contribution >= 4 is 34.6 Å². The van der Waals surface area contributed by atoms with Gasteiger partial charge in [0.15, 0.2) is 0 Å². The van der Waals surface area contributed by atoms with E-state index < -0.39 is 0 Å². The molecule has 27 heavy (non-hydrogen) atoms. The lowest BCUT2D eigenvalue weighted by Crippen LogP contribution is -2.14. The van der Waals surface area contributed by atoms with Gasteiger partial charge in [-0.3, -0.25) is 4.79 Å². The minimum absolute atomic E-state index is 0.268. The molecule has 0 unspecified atom stereocenters. The zero-order valence-electron chi connectivity index (χ0n) is 14.8. The predicted molar refractivity (Wildman–Crippen MR) is 106 cm³/mol. The number of anilines is 3. The highest BCUT2D eigenvalue weighted by molar-refractivity contribution is 6.32. The molecule has 0 atom stereocenters. The van der Waals surface area contributed by atoms with Gasteiger partial charge in [-0.25, -0.2) is 4.98 Å². The third-order valence-corrected chi connectivity index (χ3v) is 4.08. The summed E-state index contributed by atoms with van der Waals surface area (Å²) in [6.07, 6.45) is 1.60. The summed E-state index contributed by atoms with van der Waals surface area (Å²) < 4.78 is 10.4. The molecular weight excluding hydrogens is 366 g/mol. The highest BCUT2D eigenvalue weighted by atomic mass is 35.5. The van der Waals surface area contributed by atoms with Crippen molar-refractivity contribution in [3.05, 3.63) is 71.5 Å². The zero-order valence-corrected chi connectivity index (χ0v) is 15.6. The van der Waals surface area contributed by atoms with Crippen LogP contribution in [0.1, 0.15) is 10.5 Å². The molecule has 0 fully saturated rings. The molecule has 7 heteroatoms. The number of methoxy groups -OCH3 is 2. The number of pyridine rings is 1. The number of benzene rings is 2. The number of rotatable bonds is 6. The number of ether oxygens (including phenoxy) is 2. The Kier molecular flexibility index (Phi) is 5.78. The number of nitrogens with zero attached hydrogens (tertiary/aromatic N) is 1. The lowest BCUT2D eigenvalue weighted by Gasteiger charge is -2.13. The summed E-state index contributed by atoms with van der Waals surface area (Å²) in [7, 11) is 3.00. The molecule has 3 rings (SSSR count). The van der Waals surface area contributed by atoms with Crippen LogP contribution < -0.4 is 20.1 Å². The van der Waals surface area contributed by atoms with E-state index in [1.54, 1.807) is 30.5 Å². The van der Waals surface area contributed by atoms with Gasteiger partial charge < -0.3 is 20.1 Å². The molecule has 0 aliphatic carbocycles. The molecule has 3 aromatic rings. The molecule has 1 aromatic heterocycles. The molecule has 0 saturated carbocycles. The number of hydrogen-bond donors (Lipinski definition) is 2. The molecule has 0 aliphatic heterocycles. The molecule has 0 bridgehead atoms. The molecule has 0 spiro atoms. The number of aromatic nitrogens is 1. The number of amides is 1. The lowest BCUT2D eigenvalue weighted by atomic mass is 10.2. The summed E-state index contributed by atoms with van der Waals surface area (Å²) in [6, 6.07) is 16.3. The second-order valence-electron chi connectivity index (χ2n) is 5.56. The average molecular weight is 384 g/mol. The minimum atomic E-state index is -0.371. The highest BCUT2D eigenvalue weighted by Crippen LogP contribution is 2.36. The number of nitrogens with one attached hydrogen (secondary N) is 2. The van der Waals surface area contributed by atoms with Gasteiger partial charge in [-0.15, -0.1) is 0 Å². The molecule has 2 aromatic carbocycles. The summed E-state index contributed by atoms with van der Waals surface area (Å²) in [5.74, 6) is 0.489. The van der Waals surface area contributed by atoms with Gasteiger partial charge in [-0.05, 0) is 24.3 Å². The van der Waals surface area contributed by atoms with Gasteiger partial charge in [0.1, 0.15) is 17.2 Å². The van der Waals surface area contributed by atoms with Crippen LogP contribution in [0.2, 0.25) is 5.02 Å². The van der Waals surface area contributed by atoms with Crippen molar-refractivity contribution in [2.45, 2.75) is 0 Å². The third kappa shape index (κ3) is 4.48. The number of hydrogen-bond acceptors (Lipinski definition) is 5. The molecule has 2 N–H and O–H groups in total. The Balaban J connectivity index is 1.75. The summed E-state index contributed by atoms with van der Waals surface area (Å²) in [5, 5.41) is 6.37. The van der Waals surface area contributed by atoms with Crippen molar-refractivity contribution in [3.8, 4) is 11.5 Å².